The van der Waals surface area contributed by atoms with Gasteiger partial charge in [0.15, 0.2) is 34.4 Å². The third-order valence-electron chi connectivity index (χ3n) is 8.03. The Balaban J connectivity index is 1.28. The van der Waals surface area contributed by atoms with Crippen LogP contribution in [0.3, 0.4) is 0 Å². The predicted octanol–water partition coefficient (Wildman–Crippen LogP) is 4.60. The van der Waals surface area contributed by atoms with Gasteiger partial charge in [-0.1, -0.05) is 53.8 Å². The number of carbonyl (C=O) groups is 2. The Morgan fingerprint density at radius 1 is 0.857 bits per heavy atom. The first-order valence-corrected chi connectivity index (χ1v) is 16.0. The molecule has 0 aliphatic carbocycles. The second kappa shape index (κ2) is 14.1. The number of ether oxygens (including phenoxy) is 5. The third-order valence-corrected chi connectivity index (χ3v) is 9.01. The van der Waals surface area contributed by atoms with Crippen molar-refractivity contribution in [1.82, 2.24) is 4.57 Å². The van der Waals surface area contributed by atoms with Gasteiger partial charge in [-0.25, -0.2) is 9.79 Å². The van der Waals surface area contributed by atoms with Crippen LogP contribution in [0.2, 0.25) is 0 Å². The maximum Gasteiger partial charge on any atom is 0.338 e. The molecule has 1 unspecified atom stereocenters. The maximum absolute atomic E-state index is 14.0. The fraction of sp³-hybridized carbons (Fsp3) is 0.189. The summed E-state index contributed by atoms with van der Waals surface area (Å²) in [5, 5.41) is 4.95. The molecule has 0 saturated carbocycles. The highest BCUT2D eigenvalue weighted by Gasteiger charge is 2.33. The first-order valence-electron chi connectivity index (χ1n) is 15.2. The van der Waals surface area contributed by atoms with E-state index in [2.05, 4.69) is 10.3 Å². The SMILES string of the molecule is COC(=O)C1=C(C)N=c2s/c(=C/c3ccc(OCC(=O)Nc4ccc5ccccc5c4)c(OC)c3)c(=O)n2C1c1ccc(OC)c(OC)c1. The number of benzene rings is 4. The standard InChI is InChI=1S/C37H33N3O8S/c1-21-33(36(43)47-5)34(25-12-15-27(44-2)30(19-25)46-4)40-35(42)31(49-37(40)38-21)17-22-10-14-28(29(16-22)45-3)48-20-32(41)39-26-13-11-23-8-6-7-9-24(23)18-26/h6-19,34H,20H2,1-5H3,(H,39,41)/b31-17+. The van der Waals surface area contributed by atoms with Crippen LogP contribution in [-0.2, 0) is 14.3 Å². The molecule has 1 N–H and O–H groups in total. The molecule has 1 aliphatic rings. The Morgan fingerprint density at radius 3 is 2.31 bits per heavy atom. The number of nitrogens with zero attached hydrogens (tertiary/aromatic N) is 2. The lowest BCUT2D eigenvalue weighted by atomic mass is 9.95. The fourth-order valence-corrected chi connectivity index (χ4v) is 6.73. The number of carbonyl (C=O) groups excluding carboxylic acids is 2. The summed E-state index contributed by atoms with van der Waals surface area (Å²) in [6, 6.07) is 23.1. The molecule has 0 spiro atoms. The van der Waals surface area contributed by atoms with Crippen LogP contribution in [0, 0.1) is 0 Å². The van der Waals surface area contributed by atoms with Crippen molar-refractivity contribution in [1.29, 1.82) is 0 Å². The molecule has 11 nitrogen and oxygen atoms in total. The van der Waals surface area contributed by atoms with Crippen molar-refractivity contribution >= 4 is 45.7 Å². The monoisotopic (exact) mass is 679 g/mol. The van der Waals surface area contributed by atoms with Crippen molar-refractivity contribution in [3.8, 4) is 23.0 Å². The van der Waals surface area contributed by atoms with Gasteiger partial charge in [-0.2, -0.15) is 0 Å². The van der Waals surface area contributed by atoms with E-state index in [9.17, 15) is 14.4 Å². The number of hydrogen-bond donors (Lipinski definition) is 1. The van der Waals surface area contributed by atoms with Crippen LogP contribution in [0.1, 0.15) is 24.1 Å². The van der Waals surface area contributed by atoms with Gasteiger partial charge in [0, 0.05) is 5.69 Å². The molecule has 4 aromatic carbocycles. The second-order valence-electron chi connectivity index (χ2n) is 11.0. The van der Waals surface area contributed by atoms with E-state index in [1.165, 1.54) is 44.3 Å². The van der Waals surface area contributed by atoms with Gasteiger partial charge in [-0.05, 0) is 71.3 Å². The minimum atomic E-state index is -0.822. The van der Waals surface area contributed by atoms with Crippen molar-refractivity contribution < 1.29 is 33.3 Å². The number of fused-ring (bicyclic) bond motifs is 2. The van der Waals surface area contributed by atoms with Crippen molar-refractivity contribution in [2.24, 2.45) is 4.99 Å². The Labute approximate surface area is 285 Å². The highest BCUT2D eigenvalue weighted by molar-refractivity contribution is 7.07. The fourth-order valence-electron chi connectivity index (χ4n) is 5.68. The lowest BCUT2D eigenvalue weighted by molar-refractivity contribution is -0.136. The Hall–Kier alpha value is -5.88. The Kier molecular flexibility index (Phi) is 9.49. The summed E-state index contributed by atoms with van der Waals surface area (Å²) in [5.74, 6) is 0.774. The van der Waals surface area contributed by atoms with Gasteiger partial charge < -0.3 is 29.0 Å². The highest BCUT2D eigenvalue weighted by Crippen LogP contribution is 2.36. The third kappa shape index (κ3) is 6.63. The van der Waals surface area contributed by atoms with Gasteiger partial charge in [0.25, 0.3) is 11.5 Å². The predicted molar refractivity (Wildman–Crippen MR) is 186 cm³/mol. The lowest BCUT2D eigenvalue weighted by Crippen LogP contribution is -2.39. The first kappa shape index (κ1) is 33.0. The number of anilines is 1. The van der Waals surface area contributed by atoms with E-state index >= 15 is 0 Å². The van der Waals surface area contributed by atoms with E-state index in [-0.39, 0.29) is 23.6 Å². The van der Waals surface area contributed by atoms with E-state index in [0.29, 0.717) is 54.8 Å². The number of rotatable bonds is 10. The zero-order valence-electron chi connectivity index (χ0n) is 27.4. The number of amides is 1. The van der Waals surface area contributed by atoms with Gasteiger partial charge in [0.2, 0.25) is 0 Å². The highest BCUT2D eigenvalue weighted by atomic mass is 32.1. The van der Waals surface area contributed by atoms with Crippen LogP contribution in [-0.4, -0.2) is 51.5 Å². The van der Waals surface area contributed by atoms with Crippen molar-refractivity contribution in [3.63, 3.8) is 0 Å². The van der Waals surface area contributed by atoms with Crippen LogP contribution in [0.15, 0.2) is 99.9 Å². The molecule has 1 amide bonds. The maximum atomic E-state index is 14.0. The molecule has 1 aromatic heterocycles. The van der Waals surface area contributed by atoms with E-state index in [1.807, 2.05) is 42.5 Å². The molecule has 6 rings (SSSR count). The molecule has 49 heavy (non-hydrogen) atoms. The van der Waals surface area contributed by atoms with Crippen LogP contribution >= 0.6 is 11.3 Å². The van der Waals surface area contributed by atoms with Gasteiger partial charge in [-0.3, -0.25) is 14.2 Å². The molecule has 0 radical (unpaired) electrons. The smallest absolute Gasteiger partial charge is 0.338 e. The molecule has 0 fully saturated rings. The largest absolute Gasteiger partial charge is 0.493 e. The number of methoxy groups -OCH3 is 4. The van der Waals surface area contributed by atoms with Crippen LogP contribution in [0.5, 0.6) is 23.0 Å². The quantitative estimate of drug-likeness (QED) is 0.212. The Morgan fingerprint density at radius 2 is 1.57 bits per heavy atom. The summed E-state index contributed by atoms with van der Waals surface area (Å²) >= 11 is 1.19. The van der Waals surface area contributed by atoms with E-state index in [4.69, 9.17) is 23.7 Å². The average molecular weight is 680 g/mol. The van der Waals surface area contributed by atoms with Crippen LogP contribution in [0.4, 0.5) is 5.69 Å². The Bertz CT molecular complexity index is 2310. The minimum absolute atomic E-state index is 0.237. The zero-order valence-corrected chi connectivity index (χ0v) is 28.3. The van der Waals surface area contributed by atoms with Crippen LogP contribution in [0.25, 0.3) is 16.8 Å². The molecule has 0 bridgehead atoms. The van der Waals surface area contributed by atoms with Crippen molar-refractivity contribution in [2.45, 2.75) is 13.0 Å². The average Bonchev–Trinajstić information content (AvgIpc) is 3.42. The lowest BCUT2D eigenvalue weighted by Gasteiger charge is -2.25. The van der Waals surface area contributed by atoms with E-state index in [0.717, 1.165) is 10.8 Å². The topological polar surface area (TPSA) is 127 Å². The van der Waals surface area contributed by atoms with Crippen LogP contribution < -0.4 is 39.2 Å². The zero-order chi connectivity index (χ0) is 34.7. The summed E-state index contributed by atoms with van der Waals surface area (Å²) < 4.78 is 29.2. The molecule has 2 heterocycles. The molecule has 1 aliphatic heterocycles. The van der Waals surface area contributed by atoms with E-state index in [1.54, 1.807) is 49.4 Å². The van der Waals surface area contributed by atoms with Gasteiger partial charge >= 0.3 is 5.97 Å². The van der Waals surface area contributed by atoms with Gasteiger partial charge in [-0.15, -0.1) is 0 Å². The first-order chi connectivity index (χ1) is 23.7. The summed E-state index contributed by atoms with van der Waals surface area (Å²) in [4.78, 5) is 44.8. The number of esters is 1. The summed E-state index contributed by atoms with van der Waals surface area (Å²) in [6.07, 6.45) is 1.71. The number of hydrogen-bond acceptors (Lipinski definition) is 10. The van der Waals surface area contributed by atoms with E-state index < -0.39 is 12.0 Å². The number of thiazole rings is 1. The van der Waals surface area contributed by atoms with Gasteiger partial charge in [0.1, 0.15) is 0 Å². The van der Waals surface area contributed by atoms with Crippen molar-refractivity contribution in [2.75, 3.05) is 40.4 Å². The summed E-state index contributed by atoms with van der Waals surface area (Å²) in [5.41, 5.74) is 2.27. The molecule has 250 valence electrons. The summed E-state index contributed by atoms with van der Waals surface area (Å²) in [7, 11) is 5.83. The molecule has 5 aromatic rings. The van der Waals surface area contributed by atoms with Gasteiger partial charge in [0.05, 0.1) is 50.3 Å². The number of aromatic nitrogens is 1. The normalized spacial score (nSPS) is 14.1. The minimum Gasteiger partial charge on any atom is -0.493 e. The second-order valence-corrected chi connectivity index (χ2v) is 12.0. The number of allylic oxidation sites excluding steroid dienone is 1. The molecular weight excluding hydrogens is 646 g/mol. The molecular formula is C37H33N3O8S. The van der Waals surface area contributed by atoms with Crippen molar-refractivity contribution in [3.05, 3.63) is 121 Å². The molecule has 0 saturated heterocycles. The number of nitrogens with one attached hydrogen (secondary N) is 1. The molecule has 12 heteroatoms. The molecule has 1 atom stereocenters. The summed E-state index contributed by atoms with van der Waals surface area (Å²) in [6.45, 7) is 1.47.